The molecule has 0 aromatic heterocycles. The molecule has 0 radical (unpaired) electrons. The Labute approximate surface area is 95.5 Å². The number of hydrogen-bond acceptors (Lipinski definition) is 2. The van der Waals surface area contributed by atoms with Crippen LogP contribution in [-0.2, 0) is 4.43 Å². The maximum Gasteiger partial charge on any atom is 0.192 e. The molecule has 90 valence electrons. The molecule has 0 amide bonds. The molecule has 3 heteroatoms. The second-order valence-corrected chi connectivity index (χ2v) is 10.4. The average molecular weight is 230 g/mol. The molecule has 0 saturated heterocycles. The lowest BCUT2D eigenvalue weighted by Crippen LogP contribution is -2.42. The Balaban J connectivity index is 4.22. The highest BCUT2D eigenvalue weighted by Gasteiger charge is 2.37. The van der Waals surface area contributed by atoms with Crippen molar-refractivity contribution in [1.82, 2.24) is 0 Å². The standard InChI is InChI=1S/C12H26O2Si/c1-8-10(2)11(13)9-14-15(6,7)12(3,4)5/h11,13H,2,8-9H2,1,3-7H3. The van der Waals surface area contributed by atoms with Gasteiger partial charge in [-0.15, -0.1) is 0 Å². The van der Waals surface area contributed by atoms with Crippen LogP contribution >= 0.6 is 0 Å². The molecule has 0 aliphatic rings. The third kappa shape index (κ3) is 4.49. The molecule has 15 heavy (non-hydrogen) atoms. The Bertz CT molecular complexity index is 216. The van der Waals surface area contributed by atoms with Gasteiger partial charge in [-0.05, 0) is 30.1 Å². The van der Waals surface area contributed by atoms with Crippen LogP contribution in [0, 0.1) is 0 Å². The van der Waals surface area contributed by atoms with E-state index in [2.05, 4.69) is 40.4 Å². The van der Waals surface area contributed by atoms with Crippen molar-refractivity contribution in [3.63, 3.8) is 0 Å². The quantitative estimate of drug-likeness (QED) is 0.580. The summed E-state index contributed by atoms with van der Waals surface area (Å²) in [6.45, 7) is 17.2. The first kappa shape index (κ1) is 14.9. The van der Waals surface area contributed by atoms with Gasteiger partial charge in [0, 0.05) is 0 Å². The highest BCUT2D eigenvalue weighted by molar-refractivity contribution is 6.74. The summed E-state index contributed by atoms with van der Waals surface area (Å²) in [4.78, 5) is 0. The summed E-state index contributed by atoms with van der Waals surface area (Å²) >= 11 is 0. The van der Waals surface area contributed by atoms with Crippen molar-refractivity contribution in [2.24, 2.45) is 0 Å². The zero-order valence-electron chi connectivity index (χ0n) is 11.1. The van der Waals surface area contributed by atoms with Gasteiger partial charge in [-0.2, -0.15) is 0 Å². The van der Waals surface area contributed by atoms with Gasteiger partial charge in [0.05, 0.1) is 12.7 Å². The van der Waals surface area contributed by atoms with Gasteiger partial charge in [0.15, 0.2) is 8.32 Å². The Hall–Kier alpha value is -0.123. The zero-order chi connectivity index (χ0) is 12.3. The van der Waals surface area contributed by atoms with Gasteiger partial charge in [-0.1, -0.05) is 34.3 Å². The van der Waals surface area contributed by atoms with E-state index in [-0.39, 0.29) is 5.04 Å². The van der Waals surface area contributed by atoms with E-state index < -0.39 is 14.4 Å². The molecular weight excluding hydrogens is 204 g/mol. The Morgan fingerprint density at radius 2 is 1.87 bits per heavy atom. The maximum absolute atomic E-state index is 9.74. The number of hydrogen-bond donors (Lipinski definition) is 1. The third-order valence-electron chi connectivity index (χ3n) is 3.33. The second-order valence-electron chi connectivity index (χ2n) is 5.60. The van der Waals surface area contributed by atoms with Crippen molar-refractivity contribution in [3.05, 3.63) is 12.2 Å². The molecular formula is C12H26O2Si. The van der Waals surface area contributed by atoms with E-state index in [0.717, 1.165) is 12.0 Å². The predicted molar refractivity (Wildman–Crippen MR) is 68.6 cm³/mol. The molecule has 0 bridgehead atoms. The molecule has 0 heterocycles. The molecule has 0 spiro atoms. The van der Waals surface area contributed by atoms with Gasteiger partial charge in [0.25, 0.3) is 0 Å². The van der Waals surface area contributed by atoms with Crippen LogP contribution in [0.3, 0.4) is 0 Å². The molecule has 0 aromatic rings. The smallest absolute Gasteiger partial charge is 0.192 e. The lowest BCUT2D eigenvalue weighted by Gasteiger charge is -2.36. The molecule has 0 aliphatic carbocycles. The van der Waals surface area contributed by atoms with E-state index >= 15 is 0 Å². The van der Waals surface area contributed by atoms with Crippen LogP contribution < -0.4 is 0 Å². The largest absolute Gasteiger partial charge is 0.414 e. The topological polar surface area (TPSA) is 29.5 Å². The van der Waals surface area contributed by atoms with Crippen LogP contribution in [0.15, 0.2) is 12.2 Å². The normalized spacial score (nSPS) is 15.1. The highest BCUT2D eigenvalue weighted by Crippen LogP contribution is 2.36. The number of aliphatic hydroxyl groups is 1. The fraction of sp³-hybridized carbons (Fsp3) is 0.833. The minimum absolute atomic E-state index is 0.195. The van der Waals surface area contributed by atoms with Gasteiger partial charge < -0.3 is 9.53 Å². The van der Waals surface area contributed by atoms with E-state index in [1.165, 1.54) is 0 Å². The minimum Gasteiger partial charge on any atom is -0.414 e. The number of rotatable bonds is 5. The summed E-state index contributed by atoms with van der Waals surface area (Å²) in [5.74, 6) is 0. The fourth-order valence-corrected chi connectivity index (χ4v) is 1.86. The lowest BCUT2D eigenvalue weighted by atomic mass is 10.1. The van der Waals surface area contributed by atoms with Crippen molar-refractivity contribution < 1.29 is 9.53 Å². The van der Waals surface area contributed by atoms with Crippen molar-refractivity contribution >= 4 is 8.32 Å². The maximum atomic E-state index is 9.74. The van der Waals surface area contributed by atoms with Gasteiger partial charge in [-0.3, -0.25) is 0 Å². The second kappa shape index (κ2) is 5.28. The Morgan fingerprint density at radius 3 is 2.20 bits per heavy atom. The summed E-state index contributed by atoms with van der Waals surface area (Å²) in [6, 6.07) is 0. The third-order valence-corrected chi connectivity index (χ3v) is 7.83. The van der Waals surface area contributed by atoms with Crippen LogP contribution in [0.2, 0.25) is 18.1 Å². The van der Waals surface area contributed by atoms with E-state index in [1.807, 2.05) is 6.92 Å². The summed E-state index contributed by atoms with van der Waals surface area (Å²) in [5, 5.41) is 9.94. The van der Waals surface area contributed by atoms with E-state index in [9.17, 15) is 5.11 Å². The summed E-state index contributed by atoms with van der Waals surface area (Å²) in [7, 11) is -1.73. The molecule has 0 rings (SSSR count). The first-order chi connectivity index (χ1) is 6.62. The Morgan fingerprint density at radius 1 is 1.40 bits per heavy atom. The molecule has 0 saturated carbocycles. The van der Waals surface area contributed by atoms with Crippen LogP contribution in [0.1, 0.15) is 34.1 Å². The molecule has 2 nitrogen and oxygen atoms in total. The van der Waals surface area contributed by atoms with E-state index in [0.29, 0.717) is 6.61 Å². The minimum atomic E-state index is -1.73. The molecule has 1 atom stereocenters. The lowest BCUT2D eigenvalue weighted by molar-refractivity contribution is 0.125. The molecule has 1 unspecified atom stereocenters. The predicted octanol–water partition coefficient (Wildman–Crippen LogP) is 3.34. The van der Waals surface area contributed by atoms with Crippen molar-refractivity contribution in [3.8, 4) is 0 Å². The number of aliphatic hydroxyl groups excluding tert-OH is 1. The molecule has 0 fully saturated rings. The van der Waals surface area contributed by atoms with Gasteiger partial charge in [0.2, 0.25) is 0 Å². The first-order valence-electron chi connectivity index (χ1n) is 5.61. The Kier molecular flexibility index (Phi) is 5.24. The monoisotopic (exact) mass is 230 g/mol. The summed E-state index contributed by atoms with van der Waals surface area (Å²) < 4.78 is 5.91. The van der Waals surface area contributed by atoms with Gasteiger partial charge in [0.1, 0.15) is 0 Å². The SMILES string of the molecule is C=C(CC)C(O)CO[Si](C)(C)C(C)(C)C. The highest BCUT2D eigenvalue weighted by atomic mass is 28.4. The van der Waals surface area contributed by atoms with Crippen LogP contribution in [0.25, 0.3) is 0 Å². The fourth-order valence-electron chi connectivity index (χ4n) is 0.857. The molecule has 0 aromatic carbocycles. The summed E-state index contributed by atoms with van der Waals surface area (Å²) in [5.41, 5.74) is 0.855. The molecule has 0 aliphatic heterocycles. The summed E-state index contributed by atoms with van der Waals surface area (Å²) in [6.07, 6.45) is 0.297. The van der Waals surface area contributed by atoms with Crippen LogP contribution in [0.4, 0.5) is 0 Å². The van der Waals surface area contributed by atoms with E-state index in [4.69, 9.17) is 4.43 Å². The van der Waals surface area contributed by atoms with Crippen molar-refractivity contribution in [2.45, 2.75) is 58.4 Å². The van der Waals surface area contributed by atoms with Crippen molar-refractivity contribution in [1.29, 1.82) is 0 Å². The average Bonchev–Trinajstić information content (AvgIpc) is 2.11. The van der Waals surface area contributed by atoms with Crippen molar-refractivity contribution in [2.75, 3.05) is 6.61 Å². The van der Waals surface area contributed by atoms with Gasteiger partial charge >= 0.3 is 0 Å². The van der Waals surface area contributed by atoms with Crippen LogP contribution in [-0.4, -0.2) is 26.1 Å². The van der Waals surface area contributed by atoms with Gasteiger partial charge in [-0.25, -0.2) is 0 Å². The zero-order valence-corrected chi connectivity index (χ0v) is 12.1. The first-order valence-corrected chi connectivity index (χ1v) is 8.52. The van der Waals surface area contributed by atoms with Crippen LogP contribution in [0.5, 0.6) is 0 Å². The molecule has 1 N–H and O–H groups in total. The van der Waals surface area contributed by atoms with E-state index in [1.54, 1.807) is 0 Å².